The zero-order chi connectivity index (χ0) is 13.9. The first-order valence-corrected chi connectivity index (χ1v) is 7.46. The second-order valence-corrected chi connectivity index (χ2v) is 6.76. The van der Waals surface area contributed by atoms with E-state index < -0.39 is 0 Å². The van der Waals surface area contributed by atoms with Crippen LogP contribution in [-0.2, 0) is 6.42 Å². The van der Waals surface area contributed by atoms with Crippen molar-refractivity contribution in [1.29, 1.82) is 0 Å². The Morgan fingerprint density at radius 1 is 1.21 bits per heavy atom. The molecule has 0 fully saturated rings. The summed E-state index contributed by atoms with van der Waals surface area (Å²) in [7, 11) is 4.29. The number of unbranched alkanes of at least 4 members (excludes halogenated alkanes) is 1. The first-order valence-electron chi connectivity index (χ1n) is 7.46. The van der Waals surface area contributed by atoms with Crippen molar-refractivity contribution in [3.05, 3.63) is 35.4 Å². The topological polar surface area (TPSA) is 15.3 Å². The van der Waals surface area contributed by atoms with Crippen molar-refractivity contribution in [2.75, 3.05) is 27.2 Å². The van der Waals surface area contributed by atoms with Crippen LogP contribution < -0.4 is 5.32 Å². The number of rotatable bonds is 6. The Kier molecular flexibility index (Phi) is 4.64. The molecule has 1 aromatic rings. The van der Waals surface area contributed by atoms with E-state index in [1.165, 1.54) is 36.9 Å². The van der Waals surface area contributed by atoms with Gasteiger partial charge in [-0.2, -0.15) is 0 Å². The fraction of sp³-hybridized carbons (Fsp3) is 0.647. The van der Waals surface area contributed by atoms with E-state index in [1.54, 1.807) is 0 Å². The van der Waals surface area contributed by atoms with Gasteiger partial charge in [-0.1, -0.05) is 38.1 Å². The van der Waals surface area contributed by atoms with Gasteiger partial charge in [0.05, 0.1) is 0 Å². The minimum absolute atomic E-state index is 0.339. The molecule has 1 aromatic carbocycles. The van der Waals surface area contributed by atoms with E-state index in [2.05, 4.69) is 62.4 Å². The summed E-state index contributed by atoms with van der Waals surface area (Å²) in [4.78, 5) is 2.26. The van der Waals surface area contributed by atoms with Crippen molar-refractivity contribution >= 4 is 0 Å². The van der Waals surface area contributed by atoms with Crippen molar-refractivity contribution in [3.8, 4) is 0 Å². The first-order chi connectivity index (χ1) is 9.00. The molecule has 0 amide bonds. The van der Waals surface area contributed by atoms with Gasteiger partial charge in [-0.15, -0.1) is 0 Å². The number of hydrogen-bond donors (Lipinski definition) is 1. The summed E-state index contributed by atoms with van der Waals surface area (Å²) in [6.45, 7) is 7.07. The van der Waals surface area contributed by atoms with Crippen LogP contribution in [0.3, 0.4) is 0 Å². The van der Waals surface area contributed by atoms with Gasteiger partial charge in [0, 0.05) is 6.04 Å². The maximum absolute atomic E-state index is 3.78. The van der Waals surface area contributed by atoms with Crippen LogP contribution in [0.2, 0.25) is 0 Å². The number of fused-ring (bicyclic) bond motifs is 1. The molecule has 0 spiro atoms. The Bertz CT molecular complexity index is 409. The first kappa shape index (κ1) is 14.5. The summed E-state index contributed by atoms with van der Waals surface area (Å²) in [5.41, 5.74) is 3.38. The van der Waals surface area contributed by atoms with Crippen LogP contribution in [0.25, 0.3) is 0 Å². The van der Waals surface area contributed by atoms with Gasteiger partial charge in [0.2, 0.25) is 0 Å². The van der Waals surface area contributed by atoms with Gasteiger partial charge in [0.1, 0.15) is 0 Å². The lowest BCUT2D eigenvalue weighted by Crippen LogP contribution is -2.32. The highest BCUT2D eigenvalue weighted by Crippen LogP contribution is 2.44. The zero-order valence-corrected chi connectivity index (χ0v) is 12.9. The minimum atomic E-state index is 0.339. The third-order valence-electron chi connectivity index (χ3n) is 4.17. The molecule has 2 rings (SSSR count). The van der Waals surface area contributed by atoms with Gasteiger partial charge in [-0.3, -0.25) is 0 Å². The standard InChI is InChI=1S/C17H28N2/c1-17(2)13-14-9-5-6-10-15(14)16(17)18-11-7-8-12-19(3)4/h5-6,9-10,16,18H,7-8,11-13H2,1-4H3. The van der Waals surface area contributed by atoms with Gasteiger partial charge in [0.15, 0.2) is 0 Å². The summed E-state index contributed by atoms with van der Waals surface area (Å²) in [6.07, 6.45) is 3.72. The van der Waals surface area contributed by atoms with Crippen molar-refractivity contribution in [2.45, 2.75) is 39.2 Å². The van der Waals surface area contributed by atoms with Crippen molar-refractivity contribution in [3.63, 3.8) is 0 Å². The Balaban J connectivity index is 1.88. The molecule has 0 aromatic heterocycles. The summed E-state index contributed by atoms with van der Waals surface area (Å²) in [5, 5.41) is 3.78. The molecule has 19 heavy (non-hydrogen) atoms. The zero-order valence-electron chi connectivity index (χ0n) is 12.9. The normalized spacial score (nSPS) is 20.8. The molecule has 106 valence electrons. The molecular formula is C17H28N2. The fourth-order valence-corrected chi connectivity index (χ4v) is 3.18. The van der Waals surface area contributed by atoms with Gasteiger partial charge < -0.3 is 10.2 Å². The summed E-state index contributed by atoms with van der Waals surface area (Å²) >= 11 is 0. The number of nitrogens with zero attached hydrogens (tertiary/aromatic N) is 1. The Morgan fingerprint density at radius 2 is 1.95 bits per heavy atom. The summed E-state index contributed by atoms with van der Waals surface area (Å²) < 4.78 is 0. The monoisotopic (exact) mass is 260 g/mol. The molecule has 1 aliphatic carbocycles. The van der Waals surface area contributed by atoms with Crippen LogP contribution in [0.1, 0.15) is 43.9 Å². The highest BCUT2D eigenvalue weighted by atomic mass is 15.0. The average molecular weight is 260 g/mol. The maximum Gasteiger partial charge on any atom is 0.0377 e. The second-order valence-electron chi connectivity index (χ2n) is 6.76. The number of nitrogens with one attached hydrogen (secondary N) is 1. The molecule has 0 saturated heterocycles. The highest BCUT2D eigenvalue weighted by Gasteiger charge is 2.37. The minimum Gasteiger partial charge on any atom is -0.309 e. The van der Waals surface area contributed by atoms with E-state index in [0.717, 1.165) is 6.54 Å². The Hall–Kier alpha value is -0.860. The number of benzene rings is 1. The molecule has 2 nitrogen and oxygen atoms in total. The summed E-state index contributed by atoms with van der Waals surface area (Å²) in [5.74, 6) is 0. The molecule has 1 unspecified atom stereocenters. The van der Waals surface area contributed by atoms with Crippen molar-refractivity contribution in [1.82, 2.24) is 10.2 Å². The average Bonchev–Trinajstić information content (AvgIpc) is 2.59. The molecule has 1 atom stereocenters. The lowest BCUT2D eigenvalue weighted by Gasteiger charge is -2.29. The summed E-state index contributed by atoms with van der Waals surface area (Å²) in [6, 6.07) is 9.42. The fourth-order valence-electron chi connectivity index (χ4n) is 3.18. The third kappa shape index (κ3) is 3.58. The molecule has 0 radical (unpaired) electrons. The van der Waals surface area contributed by atoms with Gasteiger partial charge in [-0.25, -0.2) is 0 Å². The van der Waals surface area contributed by atoms with E-state index in [9.17, 15) is 0 Å². The van der Waals surface area contributed by atoms with Crippen LogP contribution in [0.4, 0.5) is 0 Å². The third-order valence-corrected chi connectivity index (χ3v) is 4.17. The largest absolute Gasteiger partial charge is 0.309 e. The van der Waals surface area contributed by atoms with Gasteiger partial charge in [0.25, 0.3) is 0 Å². The molecule has 0 saturated carbocycles. The van der Waals surface area contributed by atoms with E-state index >= 15 is 0 Å². The van der Waals surface area contributed by atoms with Crippen LogP contribution in [-0.4, -0.2) is 32.1 Å². The molecule has 0 heterocycles. The predicted octanol–water partition coefficient (Wildman–Crippen LogP) is 3.24. The second kappa shape index (κ2) is 6.06. The van der Waals surface area contributed by atoms with Gasteiger partial charge in [-0.05, 0) is 63.0 Å². The number of hydrogen-bond acceptors (Lipinski definition) is 2. The van der Waals surface area contributed by atoms with E-state index in [-0.39, 0.29) is 0 Å². The predicted molar refractivity (Wildman–Crippen MR) is 82.5 cm³/mol. The highest BCUT2D eigenvalue weighted by molar-refractivity contribution is 5.37. The van der Waals surface area contributed by atoms with E-state index in [4.69, 9.17) is 0 Å². The molecule has 0 aliphatic heterocycles. The Labute approximate surface area is 118 Å². The lowest BCUT2D eigenvalue weighted by molar-refractivity contribution is 0.267. The van der Waals surface area contributed by atoms with Crippen molar-refractivity contribution < 1.29 is 0 Å². The van der Waals surface area contributed by atoms with E-state index in [1.807, 2.05) is 0 Å². The van der Waals surface area contributed by atoms with Crippen LogP contribution >= 0.6 is 0 Å². The molecule has 2 heteroatoms. The van der Waals surface area contributed by atoms with Crippen molar-refractivity contribution in [2.24, 2.45) is 5.41 Å². The quantitative estimate of drug-likeness (QED) is 0.790. The lowest BCUT2D eigenvalue weighted by atomic mass is 9.85. The van der Waals surface area contributed by atoms with Gasteiger partial charge >= 0.3 is 0 Å². The SMILES string of the molecule is CN(C)CCCCNC1c2ccccc2CC1(C)C. The Morgan fingerprint density at radius 3 is 2.68 bits per heavy atom. The van der Waals surface area contributed by atoms with Crippen LogP contribution in [0, 0.1) is 5.41 Å². The molecule has 0 bridgehead atoms. The smallest absolute Gasteiger partial charge is 0.0377 e. The van der Waals surface area contributed by atoms with E-state index in [0.29, 0.717) is 11.5 Å². The van der Waals surface area contributed by atoms with Crippen LogP contribution in [0.5, 0.6) is 0 Å². The molecule has 1 aliphatic rings. The molecule has 1 N–H and O–H groups in total. The van der Waals surface area contributed by atoms with Crippen LogP contribution in [0.15, 0.2) is 24.3 Å². The molecular weight excluding hydrogens is 232 g/mol. The maximum atomic E-state index is 3.78.